The molecule has 2 aliphatic rings. The lowest BCUT2D eigenvalue weighted by molar-refractivity contribution is -0.0368. The Labute approximate surface area is 128 Å². The van der Waals surface area contributed by atoms with Gasteiger partial charge in [-0.1, -0.05) is 0 Å². The largest absolute Gasteiger partial charge is 0.356 e. The quantitative estimate of drug-likeness (QED) is 0.870. The van der Waals surface area contributed by atoms with Gasteiger partial charge in [0.15, 0.2) is 11.7 Å². The van der Waals surface area contributed by atoms with Crippen LogP contribution < -0.4 is 10.9 Å². The van der Waals surface area contributed by atoms with Crippen molar-refractivity contribution in [2.24, 2.45) is 5.92 Å². The third kappa shape index (κ3) is 2.78. The number of hydrogen-bond acceptors (Lipinski definition) is 5. The van der Waals surface area contributed by atoms with Gasteiger partial charge in [-0.25, -0.2) is 9.67 Å². The molecular weight excluding hydrogens is 282 g/mol. The summed E-state index contributed by atoms with van der Waals surface area (Å²) < 4.78 is 7.40. The highest BCUT2D eigenvalue weighted by molar-refractivity contribution is 5.72. The molecule has 7 heteroatoms. The van der Waals surface area contributed by atoms with Crippen LogP contribution in [0.2, 0.25) is 0 Å². The molecule has 4 rings (SSSR count). The lowest BCUT2D eigenvalue weighted by Gasteiger charge is -2.23. The zero-order valence-corrected chi connectivity index (χ0v) is 12.5. The third-order valence-corrected chi connectivity index (χ3v) is 4.36. The van der Waals surface area contributed by atoms with Gasteiger partial charge in [0.2, 0.25) is 0 Å². The molecule has 0 bridgehead atoms. The average Bonchev–Trinajstić information content (AvgIpc) is 3.25. The van der Waals surface area contributed by atoms with E-state index in [0.717, 1.165) is 38.3 Å². The van der Waals surface area contributed by atoms with Crippen molar-refractivity contribution in [2.45, 2.75) is 44.9 Å². The molecule has 0 amide bonds. The van der Waals surface area contributed by atoms with Gasteiger partial charge in [-0.05, 0) is 44.6 Å². The van der Waals surface area contributed by atoms with Crippen molar-refractivity contribution in [2.75, 3.05) is 13.2 Å². The summed E-state index contributed by atoms with van der Waals surface area (Å²) in [6.45, 7) is 2.31. The Bertz CT molecular complexity index is 712. The van der Waals surface area contributed by atoms with Gasteiger partial charge >= 0.3 is 0 Å². The van der Waals surface area contributed by atoms with Crippen LogP contribution in [0.15, 0.2) is 11.0 Å². The molecule has 2 aromatic rings. The summed E-state index contributed by atoms with van der Waals surface area (Å²) in [7, 11) is 0. The maximum Gasteiger partial charge on any atom is 0.277 e. The molecule has 1 saturated carbocycles. The zero-order chi connectivity index (χ0) is 14.9. The molecule has 7 nitrogen and oxygen atoms in total. The number of nitrogens with zero attached hydrogens (tertiary/aromatic N) is 3. The lowest BCUT2D eigenvalue weighted by atomic mass is 10.2. The molecule has 1 aliphatic carbocycles. The first-order chi connectivity index (χ1) is 10.8. The highest BCUT2D eigenvalue weighted by Gasteiger charge is 2.22. The molecule has 0 radical (unpaired) electrons. The summed E-state index contributed by atoms with van der Waals surface area (Å²) in [6.07, 6.45) is 7.19. The average molecular weight is 303 g/mol. The van der Waals surface area contributed by atoms with Crippen LogP contribution in [0.5, 0.6) is 0 Å². The lowest BCUT2D eigenvalue weighted by Crippen LogP contribution is -2.24. The molecule has 1 saturated heterocycles. The second kappa shape index (κ2) is 5.81. The molecule has 0 spiro atoms. The maximum absolute atomic E-state index is 12.4. The van der Waals surface area contributed by atoms with Gasteiger partial charge < -0.3 is 15.0 Å². The van der Waals surface area contributed by atoms with E-state index in [-0.39, 0.29) is 11.8 Å². The Morgan fingerprint density at radius 3 is 3.05 bits per heavy atom. The molecule has 118 valence electrons. The highest BCUT2D eigenvalue weighted by atomic mass is 16.5. The molecule has 1 unspecified atom stereocenters. The number of aromatic amines is 1. The van der Waals surface area contributed by atoms with Crippen molar-refractivity contribution in [3.63, 3.8) is 0 Å². The van der Waals surface area contributed by atoms with E-state index in [1.165, 1.54) is 12.8 Å². The summed E-state index contributed by atoms with van der Waals surface area (Å²) in [4.78, 5) is 19.8. The van der Waals surface area contributed by atoms with E-state index >= 15 is 0 Å². The summed E-state index contributed by atoms with van der Waals surface area (Å²) in [5.74, 6) is 1.48. The number of aromatic nitrogens is 4. The van der Waals surface area contributed by atoms with Crippen LogP contribution in [0.4, 0.5) is 0 Å². The number of nitrogens with one attached hydrogen (secondary N) is 2. The van der Waals surface area contributed by atoms with Crippen LogP contribution in [-0.2, 0) is 11.3 Å². The first-order valence-electron chi connectivity index (χ1n) is 8.10. The Balaban J connectivity index is 1.57. The minimum atomic E-state index is -0.145. The van der Waals surface area contributed by atoms with Crippen LogP contribution in [0.25, 0.3) is 11.0 Å². The Morgan fingerprint density at radius 1 is 1.36 bits per heavy atom. The fourth-order valence-corrected chi connectivity index (χ4v) is 2.95. The molecular formula is C15H21N5O2. The molecule has 1 atom stereocenters. The van der Waals surface area contributed by atoms with E-state index in [0.29, 0.717) is 23.4 Å². The fourth-order valence-electron chi connectivity index (χ4n) is 2.95. The van der Waals surface area contributed by atoms with Crippen molar-refractivity contribution in [1.29, 1.82) is 0 Å². The van der Waals surface area contributed by atoms with Gasteiger partial charge in [-0.15, -0.1) is 0 Å². The van der Waals surface area contributed by atoms with Crippen molar-refractivity contribution in [3.8, 4) is 0 Å². The van der Waals surface area contributed by atoms with Crippen molar-refractivity contribution >= 4 is 11.0 Å². The Morgan fingerprint density at radius 2 is 2.27 bits per heavy atom. The van der Waals surface area contributed by atoms with E-state index in [1.807, 2.05) is 0 Å². The molecule has 3 heterocycles. The number of H-pyrrole nitrogens is 1. The maximum atomic E-state index is 12.4. The number of ether oxygens (including phenoxy) is 1. The van der Waals surface area contributed by atoms with E-state index in [4.69, 9.17) is 4.74 Å². The van der Waals surface area contributed by atoms with Crippen molar-refractivity contribution < 1.29 is 4.74 Å². The number of hydrogen-bond donors (Lipinski definition) is 2. The first kappa shape index (κ1) is 13.9. The number of rotatable bonds is 5. The SMILES string of the molecule is O=c1[nH]c(CNCC2CC2)nc2cnn(C3CCCCO3)c12. The normalized spacial score (nSPS) is 22.3. The third-order valence-electron chi connectivity index (χ3n) is 4.36. The van der Waals surface area contributed by atoms with Crippen molar-refractivity contribution in [1.82, 2.24) is 25.1 Å². The molecule has 1 aliphatic heterocycles. The van der Waals surface area contributed by atoms with Gasteiger partial charge in [0.05, 0.1) is 12.7 Å². The summed E-state index contributed by atoms with van der Waals surface area (Å²) >= 11 is 0. The van der Waals surface area contributed by atoms with E-state index < -0.39 is 0 Å². The van der Waals surface area contributed by atoms with E-state index in [9.17, 15) is 4.79 Å². The van der Waals surface area contributed by atoms with Gasteiger partial charge in [0.1, 0.15) is 11.3 Å². The molecule has 22 heavy (non-hydrogen) atoms. The zero-order valence-electron chi connectivity index (χ0n) is 12.5. The Hall–Kier alpha value is -1.73. The van der Waals surface area contributed by atoms with Crippen LogP contribution in [0.3, 0.4) is 0 Å². The predicted octanol–water partition coefficient (Wildman–Crippen LogP) is 1.32. The first-order valence-corrected chi connectivity index (χ1v) is 8.10. The van der Waals surface area contributed by atoms with Gasteiger partial charge in [-0.3, -0.25) is 4.79 Å². The van der Waals surface area contributed by atoms with E-state index in [2.05, 4.69) is 20.4 Å². The number of fused-ring (bicyclic) bond motifs is 1. The van der Waals surface area contributed by atoms with Crippen LogP contribution in [0, 0.1) is 5.92 Å². The second-order valence-electron chi connectivity index (χ2n) is 6.23. The fraction of sp³-hybridized carbons (Fsp3) is 0.667. The van der Waals surface area contributed by atoms with Gasteiger partial charge in [0.25, 0.3) is 5.56 Å². The van der Waals surface area contributed by atoms with Gasteiger partial charge in [-0.2, -0.15) is 5.10 Å². The van der Waals surface area contributed by atoms with Crippen molar-refractivity contribution in [3.05, 3.63) is 22.4 Å². The molecule has 2 N–H and O–H groups in total. The monoisotopic (exact) mass is 303 g/mol. The van der Waals surface area contributed by atoms with Crippen LogP contribution >= 0.6 is 0 Å². The predicted molar refractivity (Wildman–Crippen MR) is 81.4 cm³/mol. The molecule has 0 aromatic carbocycles. The smallest absolute Gasteiger partial charge is 0.277 e. The molecule has 2 fully saturated rings. The summed E-state index contributed by atoms with van der Waals surface area (Å²) in [6, 6.07) is 0. The minimum Gasteiger partial charge on any atom is -0.356 e. The summed E-state index contributed by atoms with van der Waals surface area (Å²) in [5, 5.41) is 7.67. The van der Waals surface area contributed by atoms with Crippen LogP contribution in [-0.4, -0.2) is 32.9 Å². The standard InChI is InChI=1S/C15H21N5O2/c21-15-14-11(8-17-20(14)13-3-1-2-6-22-13)18-12(19-15)9-16-7-10-4-5-10/h8,10,13,16H,1-7,9H2,(H,18,19,21). The van der Waals surface area contributed by atoms with Gasteiger partial charge in [0, 0.05) is 6.61 Å². The topological polar surface area (TPSA) is 84.8 Å². The second-order valence-corrected chi connectivity index (χ2v) is 6.23. The van der Waals surface area contributed by atoms with E-state index in [1.54, 1.807) is 10.9 Å². The Kier molecular flexibility index (Phi) is 3.67. The molecule has 2 aromatic heterocycles. The highest BCUT2D eigenvalue weighted by Crippen LogP contribution is 2.27. The summed E-state index contributed by atoms with van der Waals surface area (Å²) in [5.41, 5.74) is 1.01. The minimum absolute atomic E-state index is 0.139. The van der Waals surface area contributed by atoms with Crippen LogP contribution in [0.1, 0.15) is 44.2 Å².